The van der Waals surface area contributed by atoms with Gasteiger partial charge >= 0.3 is 11.9 Å². The van der Waals surface area contributed by atoms with E-state index in [2.05, 4.69) is 11.6 Å². The highest BCUT2D eigenvalue weighted by Crippen LogP contribution is 2.30. The molecule has 1 aromatic heterocycles. The number of carbonyl (C=O) groups is 2. The van der Waals surface area contributed by atoms with Crippen molar-refractivity contribution < 1.29 is 24.2 Å². The SMILES string of the molecule is C=CCC(N)c1ccccc1-c1nc2ccccc2o1.O=C(O)/C=C/C(=O)O. The lowest BCUT2D eigenvalue weighted by Gasteiger charge is -2.12. The van der Waals surface area contributed by atoms with Crippen molar-refractivity contribution >= 4 is 23.0 Å². The van der Waals surface area contributed by atoms with E-state index in [9.17, 15) is 9.59 Å². The minimum atomic E-state index is -1.26. The average molecular weight is 380 g/mol. The lowest BCUT2D eigenvalue weighted by atomic mass is 9.98. The van der Waals surface area contributed by atoms with Gasteiger partial charge in [-0.05, 0) is 30.2 Å². The van der Waals surface area contributed by atoms with Gasteiger partial charge in [-0.3, -0.25) is 0 Å². The fourth-order valence-corrected chi connectivity index (χ4v) is 2.45. The molecule has 1 heterocycles. The van der Waals surface area contributed by atoms with Crippen molar-refractivity contribution in [3.63, 3.8) is 0 Å². The van der Waals surface area contributed by atoms with E-state index < -0.39 is 11.9 Å². The molecule has 28 heavy (non-hydrogen) atoms. The third-order valence-corrected chi connectivity index (χ3v) is 3.67. The van der Waals surface area contributed by atoms with Crippen LogP contribution in [0.25, 0.3) is 22.6 Å². The van der Waals surface area contributed by atoms with Gasteiger partial charge in [-0.15, -0.1) is 6.58 Å². The number of hydrogen-bond acceptors (Lipinski definition) is 5. The van der Waals surface area contributed by atoms with Crippen LogP contribution in [0.5, 0.6) is 0 Å². The molecule has 144 valence electrons. The molecular weight excluding hydrogens is 360 g/mol. The predicted molar refractivity (Wildman–Crippen MR) is 106 cm³/mol. The maximum Gasteiger partial charge on any atom is 0.328 e. The van der Waals surface area contributed by atoms with Gasteiger partial charge < -0.3 is 20.4 Å². The summed E-state index contributed by atoms with van der Waals surface area (Å²) in [5.74, 6) is -1.90. The zero-order valence-electron chi connectivity index (χ0n) is 15.0. The highest BCUT2D eigenvalue weighted by Gasteiger charge is 2.15. The Morgan fingerprint density at radius 1 is 1.07 bits per heavy atom. The first-order chi connectivity index (χ1) is 13.4. The monoisotopic (exact) mass is 380 g/mol. The number of nitrogens with zero attached hydrogens (tertiary/aromatic N) is 1. The van der Waals surface area contributed by atoms with E-state index in [1.165, 1.54) is 0 Å². The molecule has 3 rings (SSSR count). The van der Waals surface area contributed by atoms with Crippen LogP contribution < -0.4 is 5.73 Å². The molecule has 0 aliphatic carbocycles. The summed E-state index contributed by atoms with van der Waals surface area (Å²) >= 11 is 0. The quantitative estimate of drug-likeness (QED) is 0.439. The lowest BCUT2D eigenvalue weighted by molar-refractivity contribution is -0.134. The Morgan fingerprint density at radius 3 is 2.29 bits per heavy atom. The van der Waals surface area contributed by atoms with E-state index in [1.807, 2.05) is 54.6 Å². The largest absolute Gasteiger partial charge is 0.478 e. The van der Waals surface area contributed by atoms with Crippen LogP contribution in [0.15, 0.2) is 77.8 Å². The third kappa shape index (κ3) is 5.65. The molecule has 0 radical (unpaired) electrons. The highest BCUT2D eigenvalue weighted by molar-refractivity contribution is 5.89. The summed E-state index contributed by atoms with van der Waals surface area (Å²) in [6.07, 6.45) is 3.66. The van der Waals surface area contributed by atoms with Crippen LogP contribution in [0.3, 0.4) is 0 Å². The summed E-state index contributed by atoms with van der Waals surface area (Å²) < 4.78 is 5.83. The number of aromatic nitrogens is 1. The first-order valence-electron chi connectivity index (χ1n) is 8.37. The summed E-state index contributed by atoms with van der Waals surface area (Å²) in [4.78, 5) is 23.6. The van der Waals surface area contributed by atoms with Gasteiger partial charge in [0.1, 0.15) is 5.52 Å². The van der Waals surface area contributed by atoms with Crippen LogP contribution in [-0.4, -0.2) is 27.1 Å². The smallest absolute Gasteiger partial charge is 0.328 e. The maximum absolute atomic E-state index is 9.55. The Balaban J connectivity index is 0.000000300. The van der Waals surface area contributed by atoms with Crippen LogP contribution in [-0.2, 0) is 9.59 Å². The molecule has 3 aromatic rings. The van der Waals surface area contributed by atoms with Gasteiger partial charge in [-0.1, -0.05) is 36.4 Å². The molecule has 7 nitrogen and oxygen atoms in total. The number of rotatable bonds is 6. The zero-order chi connectivity index (χ0) is 20.5. The average Bonchev–Trinajstić information content (AvgIpc) is 3.11. The number of hydrogen-bond donors (Lipinski definition) is 3. The minimum Gasteiger partial charge on any atom is -0.478 e. The van der Waals surface area contributed by atoms with E-state index in [4.69, 9.17) is 20.4 Å². The molecule has 4 N–H and O–H groups in total. The lowest BCUT2D eigenvalue weighted by Crippen LogP contribution is -2.10. The van der Waals surface area contributed by atoms with Crippen LogP contribution in [0.4, 0.5) is 0 Å². The number of carboxylic acid groups (broad SMARTS) is 2. The summed E-state index contributed by atoms with van der Waals surface area (Å²) in [7, 11) is 0. The number of aliphatic carboxylic acids is 2. The number of oxazole rings is 1. The summed E-state index contributed by atoms with van der Waals surface area (Å²) in [6.45, 7) is 3.74. The van der Waals surface area contributed by atoms with Crippen molar-refractivity contribution in [3.05, 3.63) is 78.9 Å². The fourth-order valence-electron chi connectivity index (χ4n) is 2.45. The first-order valence-corrected chi connectivity index (χ1v) is 8.37. The van der Waals surface area contributed by atoms with Crippen LogP contribution in [0.2, 0.25) is 0 Å². The molecule has 2 aromatic carbocycles. The zero-order valence-corrected chi connectivity index (χ0v) is 15.0. The molecule has 0 spiro atoms. The van der Waals surface area contributed by atoms with Crippen molar-refractivity contribution in [2.75, 3.05) is 0 Å². The van der Waals surface area contributed by atoms with E-state index in [0.717, 1.165) is 28.6 Å². The van der Waals surface area contributed by atoms with Gasteiger partial charge in [0, 0.05) is 23.8 Å². The van der Waals surface area contributed by atoms with Gasteiger partial charge in [-0.25, -0.2) is 14.6 Å². The third-order valence-electron chi connectivity index (χ3n) is 3.67. The fraction of sp³-hybridized carbons (Fsp3) is 0.0952. The summed E-state index contributed by atoms with van der Waals surface area (Å²) in [6, 6.07) is 15.6. The van der Waals surface area contributed by atoms with Crippen molar-refractivity contribution in [2.45, 2.75) is 12.5 Å². The van der Waals surface area contributed by atoms with Crippen molar-refractivity contribution in [1.82, 2.24) is 4.98 Å². The molecule has 0 amide bonds. The van der Waals surface area contributed by atoms with E-state index in [1.54, 1.807) is 0 Å². The molecule has 0 fully saturated rings. The first kappa shape index (κ1) is 20.6. The number of fused-ring (bicyclic) bond motifs is 1. The molecular formula is C21H20N2O5. The summed E-state index contributed by atoms with van der Waals surface area (Å²) in [5, 5.41) is 15.6. The number of benzene rings is 2. The molecule has 1 atom stereocenters. The Hall–Kier alpha value is -3.71. The highest BCUT2D eigenvalue weighted by atomic mass is 16.4. The number of para-hydroxylation sites is 2. The van der Waals surface area contributed by atoms with Gasteiger partial charge in [-0.2, -0.15) is 0 Å². The van der Waals surface area contributed by atoms with Crippen LogP contribution in [0.1, 0.15) is 18.0 Å². The van der Waals surface area contributed by atoms with Crippen LogP contribution >= 0.6 is 0 Å². The second kappa shape index (κ2) is 9.84. The number of nitrogens with two attached hydrogens (primary N) is 1. The van der Waals surface area contributed by atoms with Gasteiger partial charge in [0.25, 0.3) is 0 Å². The standard InChI is InChI=1S/C17H16N2O.C4H4O4/c1-2-7-14(18)12-8-3-4-9-13(12)17-19-15-10-5-6-11-16(15)20-17;5-3(6)1-2-4(7)8/h2-6,8-11,14H,1,7,18H2;1-2H,(H,5,6)(H,7,8)/b;2-1+. The normalized spacial score (nSPS) is 11.6. The second-order valence-electron chi connectivity index (χ2n) is 5.71. The van der Waals surface area contributed by atoms with Gasteiger partial charge in [0.05, 0.1) is 0 Å². The Labute approximate surface area is 161 Å². The Kier molecular flexibility index (Phi) is 7.24. The van der Waals surface area contributed by atoms with E-state index in [-0.39, 0.29) is 6.04 Å². The van der Waals surface area contributed by atoms with Gasteiger partial charge in [0.2, 0.25) is 5.89 Å². The Morgan fingerprint density at radius 2 is 1.68 bits per heavy atom. The van der Waals surface area contributed by atoms with Crippen molar-refractivity contribution in [2.24, 2.45) is 5.73 Å². The second-order valence-corrected chi connectivity index (χ2v) is 5.71. The molecule has 0 aliphatic rings. The van der Waals surface area contributed by atoms with E-state index >= 15 is 0 Å². The topological polar surface area (TPSA) is 127 Å². The molecule has 0 saturated carbocycles. The van der Waals surface area contributed by atoms with Crippen LogP contribution in [0, 0.1) is 0 Å². The van der Waals surface area contributed by atoms with E-state index in [0.29, 0.717) is 18.0 Å². The molecule has 0 bridgehead atoms. The molecule has 0 aliphatic heterocycles. The Bertz CT molecular complexity index is 958. The predicted octanol–water partition coefficient (Wildman–Crippen LogP) is 3.78. The minimum absolute atomic E-state index is 0.0984. The molecule has 7 heteroatoms. The van der Waals surface area contributed by atoms with Gasteiger partial charge in [0.15, 0.2) is 5.58 Å². The number of carboxylic acids is 2. The molecule has 0 saturated heterocycles. The van der Waals surface area contributed by atoms with Crippen molar-refractivity contribution in [3.8, 4) is 11.5 Å². The van der Waals surface area contributed by atoms with Crippen molar-refractivity contribution in [1.29, 1.82) is 0 Å². The molecule has 1 unspecified atom stereocenters. The maximum atomic E-state index is 9.55. The summed E-state index contributed by atoms with van der Waals surface area (Å²) in [5.41, 5.74) is 9.81.